The number of thiophene rings is 1. The molecular weight excluding hydrogens is 513 g/mol. The molecule has 2 aromatic heterocycles. The van der Waals surface area contributed by atoms with E-state index >= 15 is 0 Å². The first-order chi connectivity index (χ1) is 18.9. The largest absolute Gasteiger partial charge is 0.456 e. The van der Waals surface area contributed by atoms with E-state index in [1.807, 2.05) is 31.2 Å². The van der Waals surface area contributed by atoms with Crippen LogP contribution in [0.4, 0.5) is 4.39 Å². The number of hydrogen-bond acceptors (Lipinski definition) is 6. The van der Waals surface area contributed by atoms with E-state index in [4.69, 9.17) is 4.74 Å². The molecular formula is C31H32FN3O3S. The van der Waals surface area contributed by atoms with Gasteiger partial charge in [0.25, 0.3) is 5.91 Å². The standard InChI is InChI=1S/C31H32FN3O3S/c1-21-5-10-26(32)23(17-21)19-24(36)18-22-6-8-25(9-7-22)38-28-11-13-33-27-20-29(39-30(27)28)31(37)34-12-4-16-35-14-2-3-15-35/h5-11,13,17,20H,2-4,12,14-16,18-19H2,1H3,(H,34,37). The van der Waals surface area contributed by atoms with Gasteiger partial charge in [-0.1, -0.05) is 29.8 Å². The molecule has 0 aliphatic carbocycles. The number of fused-ring (bicyclic) bond motifs is 1. The third kappa shape index (κ3) is 7.07. The van der Waals surface area contributed by atoms with Gasteiger partial charge in [-0.3, -0.25) is 14.6 Å². The first-order valence-electron chi connectivity index (χ1n) is 13.4. The molecule has 1 fully saturated rings. The molecule has 5 rings (SSSR count). The third-order valence-corrected chi connectivity index (χ3v) is 8.01. The zero-order valence-electron chi connectivity index (χ0n) is 22.0. The number of ether oxygens (including phenoxy) is 1. The van der Waals surface area contributed by atoms with Crippen molar-refractivity contribution in [1.29, 1.82) is 0 Å². The third-order valence-electron chi connectivity index (χ3n) is 6.88. The Morgan fingerprint density at radius 2 is 1.85 bits per heavy atom. The summed E-state index contributed by atoms with van der Waals surface area (Å²) in [4.78, 5) is 32.7. The lowest BCUT2D eigenvalue weighted by Gasteiger charge is -2.14. The summed E-state index contributed by atoms with van der Waals surface area (Å²) in [5, 5.41) is 3.02. The Bertz CT molecular complexity index is 1460. The van der Waals surface area contributed by atoms with E-state index in [2.05, 4.69) is 15.2 Å². The molecule has 1 aliphatic rings. The Labute approximate surface area is 231 Å². The minimum Gasteiger partial charge on any atom is -0.456 e. The van der Waals surface area contributed by atoms with Crippen LogP contribution in [0.1, 0.15) is 45.6 Å². The van der Waals surface area contributed by atoms with E-state index in [0.29, 0.717) is 34.0 Å². The number of amides is 1. The van der Waals surface area contributed by atoms with Crippen molar-refractivity contribution in [2.45, 2.75) is 39.0 Å². The van der Waals surface area contributed by atoms with Gasteiger partial charge < -0.3 is 15.0 Å². The summed E-state index contributed by atoms with van der Waals surface area (Å²) >= 11 is 1.36. The van der Waals surface area contributed by atoms with Crippen LogP contribution in [0.3, 0.4) is 0 Å². The predicted octanol–water partition coefficient (Wildman–Crippen LogP) is 6.11. The minimum atomic E-state index is -0.354. The van der Waals surface area contributed by atoms with Gasteiger partial charge in [0.1, 0.15) is 23.1 Å². The predicted molar refractivity (Wildman–Crippen MR) is 152 cm³/mol. The number of nitrogens with one attached hydrogen (secondary N) is 1. The molecule has 1 amide bonds. The molecule has 39 heavy (non-hydrogen) atoms. The molecule has 2 aromatic carbocycles. The molecule has 3 heterocycles. The van der Waals surface area contributed by atoms with Crippen LogP contribution in [0, 0.1) is 12.7 Å². The highest BCUT2D eigenvalue weighted by Gasteiger charge is 2.16. The number of carbonyl (C=O) groups is 2. The van der Waals surface area contributed by atoms with Gasteiger partial charge in [0.15, 0.2) is 0 Å². The van der Waals surface area contributed by atoms with Gasteiger partial charge in [-0.05, 0) is 81.2 Å². The number of hydrogen-bond donors (Lipinski definition) is 1. The molecule has 0 saturated carbocycles. The van der Waals surface area contributed by atoms with Crippen molar-refractivity contribution in [3.05, 3.63) is 88.2 Å². The van der Waals surface area contributed by atoms with E-state index in [9.17, 15) is 14.0 Å². The van der Waals surface area contributed by atoms with Crippen molar-refractivity contribution in [2.24, 2.45) is 0 Å². The van der Waals surface area contributed by atoms with Gasteiger partial charge in [0.05, 0.1) is 15.1 Å². The number of pyridine rings is 1. The smallest absolute Gasteiger partial charge is 0.261 e. The highest BCUT2D eigenvalue weighted by Crippen LogP contribution is 2.35. The topological polar surface area (TPSA) is 71.5 Å². The van der Waals surface area contributed by atoms with Crippen molar-refractivity contribution in [3.63, 3.8) is 0 Å². The second-order valence-electron chi connectivity index (χ2n) is 10.0. The molecule has 8 heteroatoms. The van der Waals surface area contributed by atoms with Crippen molar-refractivity contribution in [1.82, 2.24) is 15.2 Å². The number of nitrogens with zero attached hydrogens (tertiary/aromatic N) is 2. The van der Waals surface area contributed by atoms with Gasteiger partial charge in [-0.15, -0.1) is 11.3 Å². The maximum atomic E-state index is 14.0. The first kappa shape index (κ1) is 27.0. The summed E-state index contributed by atoms with van der Waals surface area (Å²) in [7, 11) is 0. The van der Waals surface area contributed by atoms with Crippen molar-refractivity contribution in [2.75, 3.05) is 26.2 Å². The van der Waals surface area contributed by atoms with Crippen LogP contribution in [0.2, 0.25) is 0 Å². The van der Waals surface area contributed by atoms with Gasteiger partial charge >= 0.3 is 0 Å². The molecule has 0 unspecified atom stereocenters. The van der Waals surface area contributed by atoms with Gasteiger partial charge in [-0.25, -0.2) is 4.39 Å². The molecule has 4 aromatic rings. The normalized spacial score (nSPS) is 13.6. The number of rotatable bonds is 11. The van der Waals surface area contributed by atoms with Crippen LogP contribution in [-0.2, 0) is 17.6 Å². The number of aryl methyl sites for hydroxylation is 1. The van der Waals surface area contributed by atoms with E-state index in [1.54, 1.807) is 30.5 Å². The fourth-order valence-electron chi connectivity index (χ4n) is 4.85. The molecule has 6 nitrogen and oxygen atoms in total. The lowest BCUT2D eigenvalue weighted by atomic mass is 10.0. The number of likely N-dealkylation sites (tertiary alicyclic amines) is 1. The zero-order chi connectivity index (χ0) is 27.2. The summed E-state index contributed by atoms with van der Waals surface area (Å²) in [6, 6.07) is 15.7. The van der Waals surface area contributed by atoms with Crippen LogP contribution in [0.5, 0.6) is 11.5 Å². The molecule has 0 atom stereocenters. The fourth-order valence-corrected chi connectivity index (χ4v) is 5.83. The fraction of sp³-hybridized carbons (Fsp3) is 0.323. The molecule has 1 N–H and O–H groups in total. The van der Waals surface area contributed by atoms with E-state index in [0.717, 1.165) is 41.9 Å². The summed E-state index contributed by atoms with van der Waals surface area (Å²) in [5.41, 5.74) is 2.90. The molecule has 0 radical (unpaired) electrons. The van der Waals surface area contributed by atoms with Crippen molar-refractivity contribution >= 4 is 33.2 Å². The summed E-state index contributed by atoms with van der Waals surface area (Å²) < 4.78 is 20.9. The maximum Gasteiger partial charge on any atom is 0.261 e. The van der Waals surface area contributed by atoms with Crippen LogP contribution in [0.25, 0.3) is 10.2 Å². The minimum absolute atomic E-state index is 0.0514. The highest BCUT2D eigenvalue weighted by atomic mass is 32.1. The van der Waals surface area contributed by atoms with Crippen LogP contribution < -0.4 is 10.1 Å². The number of aromatic nitrogens is 1. The molecule has 202 valence electrons. The number of ketones is 1. The summed E-state index contributed by atoms with van der Waals surface area (Å²) in [5.74, 6) is 0.740. The quantitative estimate of drug-likeness (QED) is 0.231. The van der Waals surface area contributed by atoms with Crippen LogP contribution >= 0.6 is 11.3 Å². The van der Waals surface area contributed by atoms with Gasteiger partial charge in [0.2, 0.25) is 0 Å². The lowest BCUT2D eigenvalue weighted by molar-refractivity contribution is -0.117. The molecule has 1 saturated heterocycles. The van der Waals surface area contributed by atoms with Crippen molar-refractivity contribution < 1.29 is 18.7 Å². The van der Waals surface area contributed by atoms with E-state index in [-0.39, 0.29) is 30.3 Å². The lowest BCUT2D eigenvalue weighted by Crippen LogP contribution is -2.28. The number of Topliss-reactive ketones (excluding diaryl/α,β-unsaturated/α-hetero) is 1. The Morgan fingerprint density at radius 1 is 1.05 bits per heavy atom. The second-order valence-corrected chi connectivity index (χ2v) is 11.1. The Kier molecular flexibility index (Phi) is 8.64. The first-order valence-corrected chi connectivity index (χ1v) is 14.2. The average Bonchev–Trinajstić information content (AvgIpc) is 3.60. The molecule has 0 spiro atoms. The van der Waals surface area contributed by atoms with E-state index < -0.39 is 0 Å². The Balaban J connectivity index is 1.17. The van der Waals surface area contributed by atoms with Gasteiger partial charge in [0, 0.05) is 31.6 Å². The Morgan fingerprint density at radius 3 is 2.64 bits per heavy atom. The number of benzene rings is 2. The highest BCUT2D eigenvalue weighted by molar-refractivity contribution is 7.21. The van der Waals surface area contributed by atoms with Gasteiger partial charge in [-0.2, -0.15) is 0 Å². The second kappa shape index (κ2) is 12.5. The SMILES string of the molecule is Cc1ccc(F)c(CC(=O)Cc2ccc(Oc3ccnc4cc(C(=O)NCCCN5CCCC5)sc34)cc2)c1. The van der Waals surface area contributed by atoms with E-state index in [1.165, 1.54) is 30.2 Å². The zero-order valence-corrected chi connectivity index (χ0v) is 22.9. The van der Waals surface area contributed by atoms with Crippen molar-refractivity contribution in [3.8, 4) is 11.5 Å². The number of carbonyl (C=O) groups excluding carboxylic acids is 2. The Hall–Kier alpha value is -3.62. The summed E-state index contributed by atoms with van der Waals surface area (Å²) in [6.07, 6.45) is 5.42. The van der Waals surface area contributed by atoms with Crippen LogP contribution in [-0.4, -0.2) is 47.8 Å². The van der Waals surface area contributed by atoms with Crippen LogP contribution in [0.15, 0.2) is 60.8 Å². The molecule has 0 bridgehead atoms. The molecule has 1 aliphatic heterocycles. The average molecular weight is 546 g/mol. The maximum absolute atomic E-state index is 14.0. The number of halogens is 1. The summed E-state index contributed by atoms with van der Waals surface area (Å²) in [6.45, 7) is 5.87. The monoisotopic (exact) mass is 545 g/mol.